The molecule has 0 saturated carbocycles. The van der Waals surface area contributed by atoms with Gasteiger partial charge < -0.3 is 24.4 Å². The van der Waals surface area contributed by atoms with E-state index >= 15 is 0 Å². The second-order valence-electron chi connectivity index (χ2n) is 5.74. The standard InChI is InChI=1S/C20H24N2O5/c1-14(23)22(15-6-5-7-16(12-15)25-2)11-10-20(24)21-18-9-8-17(26-3)13-19(18)27-4/h5-9,12-13H,10-11H2,1-4H3,(H,21,24). The van der Waals surface area contributed by atoms with Crippen LogP contribution in [0.1, 0.15) is 13.3 Å². The van der Waals surface area contributed by atoms with Crippen LogP contribution in [0.5, 0.6) is 17.2 Å². The lowest BCUT2D eigenvalue weighted by atomic mass is 10.2. The molecule has 144 valence electrons. The molecule has 0 aromatic heterocycles. The summed E-state index contributed by atoms with van der Waals surface area (Å²) in [5.74, 6) is 1.39. The molecule has 2 amide bonds. The number of carbonyl (C=O) groups excluding carboxylic acids is 2. The average molecular weight is 372 g/mol. The molecule has 1 N–H and O–H groups in total. The number of ether oxygens (including phenoxy) is 3. The average Bonchev–Trinajstić information content (AvgIpc) is 2.68. The molecule has 2 aromatic rings. The van der Waals surface area contributed by atoms with E-state index in [0.29, 0.717) is 28.6 Å². The topological polar surface area (TPSA) is 77.1 Å². The number of nitrogens with one attached hydrogen (secondary N) is 1. The van der Waals surface area contributed by atoms with Gasteiger partial charge >= 0.3 is 0 Å². The van der Waals surface area contributed by atoms with Crippen LogP contribution in [0.3, 0.4) is 0 Å². The lowest BCUT2D eigenvalue weighted by Gasteiger charge is -2.21. The summed E-state index contributed by atoms with van der Waals surface area (Å²) in [5.41, 5.74) is 1.22. The minimum absolute atomic E-state index is 0.131. The van der Waals surface area contributed by atoms with Crippen LogP contribution in [-0.2, 0) is 9.59 Å². The molecule has 0 unspecified atom stereocenters. The third-order valence-corrected chi connectivity index (χ3v) is 3.99. The van der Waals surface area contributed by atoms with Gasteiger partial charge in [0.15, 0.2) is 0 Å². The minimum atomic E-state index is -0.229. The summed E-state index contributed by atoms with van der Waals surface area (Å²) in [7, 11) is 4.64. The molecule has 27 heavy (non-hydrogen) atoms. The Labute approximate surface area is 158 Å². The number of anilines is 2. The van der Waals surface area contributed by atoms with Gasteiger partial charge in [0.1, 0.15) is 17.2 Å². The molecule has 0 atom stereocenters. The van der Waals surface area contributed by atoms with E-state index in [4.69, 9.17) is 14.2 Å². The van der Waals surface area contributed by atoms with Gasteiger partial charge in [-0.25, -0.2) is 0 Å². The first-order valence-corrected chi connectivity index (χ1v) is 8.42. The Morgan fingerprint density at radius 3 is 2.30 bits per heavy atom. The summed E-state index contributed by atoms with van der Waals surface area (Å²) in [6, 6.07) is 12.3. The van der Waals surface area contributed by atoms with Gasteiger partial charge in [0.2, 0.25) is 11.8 Å². The molecule has 0 spiro atoms. The van der Waals surface area contributed by atoms with Crippen LogP contribution in [-0.4, -0.2) is 39.7 Å². The zero-order valence-electron chi connectivity index (χ0n) is 15.9. The number of benzene rings is 2. The zero-order valence-corrected chi connectivity index (χ0v) is 15.9. The third-order valence-electron chi connectivity index (χ3n) is 3.99. The molecule has 2 rings (SSSR count). The highest BCUT2D eigenvalue weighted by Crippen LogP contribution is 2.29. The fourth-order valence-electron chi connectivity index (χ4n) is 2.57. The largest absolute Gasteiger partial charge is 0.497 e. The maximum Gasteiger partial charge on any atom is 0.226 e. The fourth-order valence-corrected chi connectivity index (χ4v) is 2.57. The van der Waals surface area contributed by atoms with Gasteiger partial charge in [-0.2, -0.15) is 0 Å². The highest BCUT2D eigenvalue weighted by atomic mass is 16.5. The van der Waals surface area contributed by atoms with Crippen molar-refractivity contribution >= 4 is 23.2 Å². The molecule has 0 saturated heterocycles. The summed E-state index contributed by atoms with van der Waals surface area (Å²) < 4.78 is 15.6. The van der Waals surface area contributed by atoms with Gasteiger partial charge in [-0.1, -0.05) is 6.07 Å². The first-order chi connectivity index (χ1) is 13.0. The molecule has 0 heterocycles. The Morgan fingerprint density at radius 1 is 0.963 bits per heavy atom. The molecule has 0 aliphatic rings. The Bertz CT molecular complexity index is 807. The Kier molecular flexibility index (Phi) is 7.05. The quantitative estimate of drug-likeness (QED) is 0.770. The predicted molar refractivity (Wildman–Crippen MR) is 104 cm³/mol. The fraction of sp³-hybridized carbons (Fsp3) is 0.300. The summed E-state index contributed by atoms with van der Waals surface area (Å²) in [4.78, 5) is 25.9. The number of hydrogen-bond acceptors (Lipinski definition) is 5. The van der Waals surface area contributed by atoms with Crippen LogP contribution in [0.15, 0.2) is 42.5 Å². The number of amides is 2. The van der Waals surface area contributed by atoms with E-state index < -0.39 is 0 Å². The second kappa shape index (κ2) is 9.47. The zero-order chi connectivity index (χ0) is 19.8. The monoisotopic (exact) mass is 372 g/mol. The van der Waals surface area contributed by atoms with Gasteiger partial charge in [-0.05, 0) is 24.3 Å². The SMILES string of the molecule is COc1cccc(N(CCC(=O)Nc2ccc(OC)cc2OC)C(C)=O)c1. The van der Waals surface area contributed by atoms with Crippen molar-refractivity contribution < 1.29 is 23.8 Å². The first kappa shape index (κ1) is 20.1. The summed E-state index contributed by atoms with van der Waals surface area (Å²) in [5, 5.41) is 2.80. The smallest absolute Gasteiger partial charge is 0.226 e. The van der Waals surface area contributed by atoms with Crippen molar-refractivity contribution in [3.8, 4) is 17.2 Å². The van der Waals surface area contributed by atoms with Crippen molar-refractivity contribution in [2.24, 2.45) is 0 Å². The van der Waals surface area contributed by atoms with Crippen molar-refractivity contribution in [1.82, 2.24) is 0 Å². The van der Waals surface area contributed by atoms with E-state index in [9.17, 15) is 9.59 Å². The van der Waals surface area contributed by atoms with Crippen molar-refractivity contribution in [3.63, 3.8) is 0 Å². The van der Waals surface area contributed by atoms with Crippen molar-refractivity contribution in [3.05, 3.63) is 42.5 Å². The number of hydrogen-bond donors (Lipinski definition) is 1. The number of rotatable bonds is 8. The molecule has 7 nitrogen and oxygen atoms in total. The number of methoxy groups -OCH3 is 3. The second-order valence-corrected chi connectivity index (χ2v) is 5.74. The molecule has 0 bridgehead atoms. The molecule has 0 aliphatic carbocycles. The molecular weight excluding hydrogens is 348 g/mol. The Morgan fingerprint density at radius 2 is 1.67 bits per heavy atom. The van der Waals surface area contributed by atoms with Crippen LogP contribution < -0.4 is 24.4 Å². The number of nitrogens with zero attached hydrogens (tertiary/aromatic N) is 1. The maximum absolute atomic E-state index is 12.4. The first-order valence-electron chi connectivity index (χ1n) is 8.42. The highest BCUT2D eigenvalue weighted by Gasteiger charge is 2.15. The van der Waals surface area contributed by atoms with E-state index in [1.807, 2.05) is 0 Å². The maximum atomic E-state index is 12.4. The van der Waals surface area contributed by atoms with Crippen LogP contribution >= 0.6 is 0 Å². The summed E-state index contributed by atoms with van der Waals surface area (Å²) >= 11 is 0. The number of carbonyl (C=O) groups is 2. The van der Waals surface area contributed by atoms with Gasteiger partial charge in [0.05, 0.1) is 27.0 Å². The Balaban J connectivity index is 2.05. The molecule has 0 aliphatic heterocycles. The predicted octanol–water partition coefficient (Wildman–Crippen LogP) is 3.09. The van der Waals surface area contributed by atoms with E-state index in [1.165, 1.54) is 18.9 Å². The highest BCUT2D eigenvalue weighted by molar-refractivity contribution is 5.95. The normalized spacial score (nSPS) is 10.1. The van der Waals surface area contributed by atoms with Crippen LogP contribution in [0, 0.1) is 0 Å². The van der Waals surface area contributed by atoms with Gasteiger partial charge in [0, 0.05) is 37.7 Å². The van der Waals surface area contributed by atoms with Crippen molar-refractivity contribution in [1.29, 1.82) is 0 Å². The van der Waals surface area contributed by atoms with Gasteiger partial charge in [-0.3, -0.25) is 9.59 Å². The lowest BCUT2D eigenvalue weighted by Crippen LogP contribution is -2.32. The minimum Gasteiger partial charge on any atom is -0.497 e. The molecule has 7 heteroatoms. The van der Waals surface area contributed by atoms with E-state index in [0.717, 1.165) is 0 Å². The summed E-state index contributed by atoms with van der Waals surface area (Å²) in [6.07, 6.45) is 0.131. The van der Waals surface area contributed by atoms with Crippen LogP contribution in [0.4, 0.5) is 11.4 Å². The van der Waals surface area contributed by atoms with Crippen LogP contribution in [0.2, 0.25) is 0 Å². The van der Waals surface area contributed by atoms with E-state index in [-0.39, 0.29) is 24.8 Å². The van der Waals surface area contributed by atoms with Gasteiger partial charge in [0.25, 0.3) is 0 Å². The summed E-state index contributed by atoms with van der Waals surface area (Å²) in [6.45, 7) is 1.71. The van der Waals surface area contributed by atoms with Crippen molar-refractivity contribution in [2.45, 2.75) is 13.3 Å². The van der Waals surface area contributed by atoms with Crippen molar-refractivity contribution in [2.75, 3.05) is 38.1 Å². The van der Waals surface area contributed by atoms with Gasteiger partial charge in [-0.15, -0.1) is 0 Å². The van der Waals surface area contributed by atoms with E-state index in [1.54, 1.807) is 56.7 Å². The third kappa shape index (κ3) is 5.37. The Hall–Kier alpha value is -3.22. The molecule has 2 aromatic carbocycles. The molecule has 0 fully saturated rings. The lowest BCUT2D eigenvalue weighted by molar-refractivity contribution is -0.117. The molecular formula is C20H24N2O5. The van der Waals surface area contributed by atoms with E-state index in [2.05, 4.69) is 5.32 Å². The van der Waals surface area contributed by atoms with Crippen LogP contribution in [0.25, 0.3) is 0 Å². The molecule has 0 radical (unpaired) electrons.